The lowest BCUT2D eigenvalue weighted by atomic mass is 10.1. The van der Waals surface area contributed by atoms with Crippen molar-refractivity contribution in [3.8, 4) is 28.9 Å². The predicted octanol–water partition coefficient (Wildman–Crippen LogP) is 4.22. The van der Waals surface area contributed by atoms with Crippen LogP contribution in [0.5, 0.6) is 17.6 Å². The van der Waals surface area contributed by atoms with Crippen molar-refractivity contribution in [1.82, 2.24) is 29.8 Å². The van der Waals surface area contributed by atoms with E-state index in [4.69, 9.17) is 14.2 Å². The Bertz CT molecular complexity index is 1990. The van der Waals surface area contributed by atoms with Gasteiger partial charge in [0.1, 0.15) is 23.4 Å². The van der Waals surface area contributed by atoms with E-state index in [1.54, 1.807) is 18.1 Å². The van der Waals surface area contributed by atoms with Crippen LogP contribution in [-0.2, 0) is 26.2 Å². The van der Waals surface area contributed by atoms with Crippen molar-refractivity contribution in [2.75, 3.05) is 27.3 Å². The molecule has 3 fully saturated rings. The number of hydrogen-bond donors (Lipinski definition) is 2. The number of carbonyl (C=O) groups excluding carboxylic acids is 3. The number of ether oxygens (including phenoxy) is 3. The number of nitrogens with one attached hydrogen (secondary N) is 2. The fraction of sp³-hybridized carbons (Fsp3) is 0.462. The van der Waals surface area contributed by atoms with E-state index in [2.05, 4.69) is 20.0 Å². The number of rotatable bonds is 10. The summed E-state index contributed by atoms with van der Waals surface area (Å²) in [5, 5.41) is 2.32. The number of allylic oxidation sites excluding steroid dienone is 1. The number of carbonyl (C=O) groups is 3. The molecule has 2 aromatic carbocycles. The zero-order chi connectivity index (χ0) is 37.9. The lowest BCUT2D eigenvalue weighted by Gasteiger charge is -2.32. The number of benzene rings is 2. The van der Waals surface area contributed by atoms with Crippen molar-refractivity contribution in [3.05, 3.63) is 78.4 Å². The molecular formula is C39H46N6O8S. The third kappa shape index (κ3) is 8.30. The van der Waals surface area contributed by atoms with Gasteiger partial charge in [-0.15, -0.1) is 0 Å². The monoisotopic (exact) mass is 758 g/mol. The first kappa shape index (κ1) is 37.1. The Kier molecular flexibility index (Phi) is 10.8. The molecule has 3 heterocycles. The largest absolute Gasteiger partial charge is 0.497 e. The molecule has 4 amide bonds. The average molecular weight is 759 g/mol. The number of fused-ring (bicyclic) bond motifs is 2. The second-order valence-corrected chi connectivity index (χ2v) is 16.3. The molecule has 4 aliphatic rings. The highest BCUT2D eigenvalue weighted by Crippen LogP contribution is 2.46. The summed E-state index contributed by atoms with van der Waals surface area (Å²) in [4.78, 5) is 54.9. The smallest absolute Gasteiger partial charge is 0.321 e. The summed E-state index contributed by atoms with van der Waals surface area (Å²) in [5.74, 6) is -0.800. The van der Waals surface area contributed by atoms with Crippen LogP contribution in [0.3, 0.4) is 0 Å². The third-order valence-corrected chi connectivity index (χ3v) is 12.3. The number of methoxy groups -OCH3 is 2. The lowest BCUT2D eigenvalue weighted by molar-refractivity contribution is -0.131. The molecule has 0 spiro atoms. The van der Waals surface area contributed by atoms with Crippen molar-refractivity contribution in [3.63, 3.8) is 0 Å². The fourth-order valence-corrected chi connectivity index (χ4v) is 8.53. The zero-order valence-corrected chi connectivity index (χ0v) is 31.3. The van der Waals surface area contributed by atoms with Crippen LogP contribution in [0, 0.1) is 5.92 Å². The highest BCUT2D eigenvalue weighted by Gasteiger charge is 2.62. The fourth-order valence-electron chi connectivity index (χ4n) is 7.17. The van der Waals surface area contributed by atoms with Crippen LogP contribution < -0.4 is 24.2 Å². The normalized spacial score (nSPS) is 25.3. The topological polar surface area (TPSA) is 169 Å². The van der Waals surface area contributed by atoms with E-state index >= 15 is 0 Å². The molecular weight excluding hydrogens is 713 g/mol. The molecule has 1 saturated heterocycles. The van der Waals surface area contributed by atoms with Gasteiger partial charge < -0.3 is 29.3 Å². The van der Waals surface area contributed by atoms with E-state index in [0.717, 1.165) is 36.8 Å². The SMILES string of the molecule is COc1ccc(CN2CCCCC/C=C\[C@@H]3C[C@@]3(C(=O)NS(=O)(=O)C3CC3)NC(=O)[C@@H]3C[C@@H](Oc4cc(-c5ccccc5)nc(OC)n4)CN3C2=O)cc1. The van der Waals surface area contributed by atoms with Crippen molar-refractivity contribution in [2.45, 2.75) is 80.8 Å². The lowest BCUT2D eigenvalue weighted by Crippen LogP contribution is -2.57. The molecule has 2 aliphatic heterocycles. The Morgan fingerprint density at radius 1 is 1.00 bits per heavy atom. The van der Waals surface area contributed by atoms with Crippen LogP contribution in [0.1, 0.15) is 56.9 Å². The standard InChI is InChI=1S/C39H46N6O8S/c1-51-29-16-14-26(15-17-29)24-44-20-10-5-3-4-9-13-28-23-39(28,36(47)43-54(49,50)31-18-19-31)42-35(46)33-21-30(25-45(33)38(44)48)53-34-22-32(40-37(41-34)52-2)27-11-7-6-8-12-27/h6-9,11-17,22,28,30-31,33H,3-5,10,18-21,23-25H2,1-2H3,(H,42,46)(H,43,47)/b13-9-/t28-,30-,33+,39-/m1/s1. The van der Waals surface area contributed by atoms with Crippen LogP contribution >= 0.6 is 0 Å². The van der Waals surface area contributed by atoms with E-state index in [1.807, 2.05) is 66.7 Å². The first-order valence-corrected chi connectivity index (χ1v) is 20.0. The molecule has 2 aliphatic carbocycles. The van der Waals surface area contributed by atoms with Crippen LogP contribution in [0.2, 0.25) is 0 Å². The molecule has 286 valence electrons. The first-order valence-electron chi connectivity index (χ1n) is 18.5. The van der Waals surface area contributed by atoms with Gasteiger partial charge in [0.25, 0.3) is 5.91 Å². The van der Waals surface area contributed by atoms with Gasteiger partial charge in [-0.05, 0) is 56.2 Å². The molecule has 54 heavy (non-hydrogen) atoms. The first-order chi connectivity index (χ1) is 26.1. The predicted molar refractivity (Wildman–Crippen MR) is 199 cm³/mol. The van der Waals surface area contributed by atoms with Gasteiger partial charge in [-0.3, -0.25) is 14.3 Å². The van der Waals surface area contributed by atoms with Crippen LogP contribution in [-0.4, -0.2) is 96.3 Å². The summed E-state index contributed by atoms with van der Waals surface area (Å²) in [6.07, 6.45) is 7.78. The summed E-state index contributed by atoms with van der Waals surface area (Å²) in [6, 6.07) is 17.4. The summed E-state index contributed by atoms with van der Waals surface area (Å²) in [7, 11) is -0.811. The number of nitrogens with zero attached hydrogens (tertiary/aromatic N) is 4. The Morgan fingerprint density at radius 3 is 2.50 bits per heavy atom. The van der Waals surface area contributed by atoms with Gasteiger partial charge in [-0.2, -0.15) is 9.97 Å². The molecule has 3 aromatic rings. The molecule has 2 saturated carbocycles. The van der Waals surface area contributed by atoms with E-state index in [0.29, 0.717) is 37.4 Å². The number of aromatic nitrogens is 2. The maximum atomic E-state index is 14.6. The van der Waals surface area contributed by atoms with Gasteiger partial charge in [-0.1, -0.05) is 61.0 Å². The Labute approximate surface area is 315 Å². The zero-order valence-electron chi connectivity index (χ0n) is 30.5. The molecule has 0 radical (unpaired) electrons. The van der Waals surface area contributed by atoms with Crippen molar-refractivity contribution >= 4 is 27.9 Å². The quantitative estimate of drug-likeness (QED) is 0.286. The molecule has 14 nitrogen and oxygen atoms in total. The molecule has 1 aromatic heterocycles. The third-order valence-electron chi connectivity index (χ3n) is 10.5. The van der Waals surface area contributed by atoms with E-state index in [9.17, 15) is 22.8 Å². The van der Waals surface area contributed by atoms with Crippen molar-refractivity contribution in [1.29, 1.82) is 0 Å². The Morgan fingerprint density at radius 2 is 1.78 bits per heavy atom. The average Bonchev–Trinajstić information content (AvgIpc) is 4.11. The minimum Gasteiger partial charge on any atom is -0.497 e. The minimum atomic E-state index is -3.87. The van der Waals surface area contributed by atoms with E-state index in [-0.39, 0.29) is 37.3 Å². The highest BCUT2D eigenvalue weighted by molar-refractivity contribution is 7.91. The molecule has 2 N–H and O–H groups in total. The maximum Gasteiger partial charge on any atom is 0.321 e. The summed E-state index contributed by atoms with van der Waals surface area (Å²) in [5.41, 5.74) is 0.835. The Hall–Kier alpha value is -5.18. The second-order valence-electron chi connectivity index (χ2n) is 14.4. The number of amides is 4. The molecule has 15 heteroatoms. The van der Waals surface area contributed by atoms with Crippen LogP contribution in [0.15, 0.2) is 72.8 Å². The number of urea groups is 1. The molecule has 4 atom stereocenters. The second kappa shape index (κ2) is 15.7. The summed E-state index contributed by atoms with van der Waals surface area (Å²) in [6.45, 7) is 0.820. The molecule has 0 bridgehead atoms. The van der Waals surface area contributed by atoms with Crippen molar-refractivity contribution in [2.24, 2.45) is 5.92 Å². The van der Waals surface area contributed by atoms with Gasteiger partial charge in [-0.25, -0.2) is 13.2 Å². The highest BCUT2D eigenvalue weighted by atomic mass is 32.2. The summed E-state index contributed by atoms with van der Waals surface area (Å²) < 4.78 is 45.1. The minimum absolute atomic E-state index is 0.0572. The number of hydrogen-bond acceptors (Lipinski definition) is 10. The van der Waals surface area contributed by atoms with Gasteiger partial charge >= 0.3 is 12.0 Å². The van der Waals surface area contributed by atoms with Gasteiger partial charge in [0, 0.05) is 37.1 Å². The van der Waals surface area contributed by atoms with Gasteiger partial charge in [0.2, 0.25) is 21.8 Å². The molecule has 0 unspecified atom stereocenters. The van der Waals surface area contributed by atoms with Gasteiger partial charge in [0.05, 0.1) is 31.7 Å². The molecule has 7 rings (SSSR count). The van der Waals surface area contributed by atoms with Gasteiger partial charge in [0.15, 0.2) is 0 Å². The summed E-state index contributed by atoms with van der Waals surface area (Å²) >= 11 is 0. The number of sulfonamides is 1. The van der Waals surface area contributed by atoms with Crippen molar-refractivity contribution < 1.29 is 37.0 Å². The Balaban J connectivity index is 1.19. The van der Waals surface area contributed by atoms with Crippen LogP contribution in [0.4, 0.5) is 4.79 Å². The maximum absolute atomic E-state index is 14.6. The van der Waals surface area contributed by atoms with E-state index in [1.165, 1.54) is 12.0 Å². The van der Waals surface area contributed by atoms with Crippen LogP contribution in [0.25, 0.3) is 11.3 Å². The van der Waals surface area contributed by atoms with E-state index < -0.39 is 50.7 Å².